The Kier molecular flexibility index (Phi) is 6.71. The minimum Gasteiger partial charge on any atom is -0.437 e. The van der Waals surface area contributed by atoms with Crippen molar-refractivity contribution in [2.75, 3.05) is 24.1 Å². The number of fused-ring (bicyclic) bond motifs is 1. The Morgan fingerprint density at radius 2 is 1.91 bits per heavy atom. The minimum atomic E-state index is -3.57. The minimum absolute atomic E-state index is 0.00703. The number of carbonyl (C=O) groups is 1. The summed E-state index contributed by atoms with van der Waals surface area (Å²) in [4.78, 5) is 17.4. The second-order valence-electron chi connectivity index (χ2n) is 8.57. The molecule has 33 heavy (non-hydrogen) atoms. The zero-order chi connectivity index (χ0) is 23.6. The molecule has 1 saturated carbocycles. The van der Waals surface area contributed by atoms with Gasteiger partial charge in [0.15, 0.2) is 0 Å². The van der Waals surface area contributed by atoms with E-state index in [0.29, 0.717) is 29.7 Å². The fraction of sp³-hybridized carbons (Fsp3) is 0.417. The SMILES string of the molecule is CNC(=O)c1c(-c2ccc(C)cc2)oc2nc(NS(=O)(=O)CCCCCN)c(C3CC3)cc12. The van der Waals surface area contributed by atoms with Crippen LogP contribution in [0.25, 0.3) is 22.4 Å². The van der Waals surface area contributed by atoms with Crippen molar-refractivity contribution in [3.63, 3.8) is 0 Å². The van der Waals surface area contributed by atoms with E-state index >= 15 is 0 Å². The molecule has 1 fully saturated rings. The van der Waals surface area contributed by atoms with E-state index in [1.807, 2.05) is 37.3 Å². The first-order valence-electron chi connectivity index (χ1n) is 11.3. The third-order valence-electron chi connectivity index (χ3n) is 5.87. The average molecular weight is 471 g/mol. The number of anilines is 1. The van der Waals surface area contributed by atoms with Crippen LogP contribution in [0.3, 0.4) is 0 Å². The molecule has 0 saturated heterocycles. The Morgan fingerprint density at radius 1 is 1.18 bits per heavy atom. The molecule has 8 nitrogen and oxygen atoms in total. The molecule has 4 N–H and O–H groups in total. The number of carbonyl (C=O) groups excluding carboxylic acids is 1. The number of pyridine rings is 1. The van der Waals surface area contributed by atoms with E-state index in [2.05, 4.69) is 15.0 Å². The number of rotatable bonds is 10. The van der Waals surface area contributed by atoms with Crippen molar-refractivity contribution in [2.24, 2.45) is 5.73 Å². The van der Waals surface area contributed by atoms with Gasteiger partial charge in [-0.15, -0.1) is 0 Å². The Bertz CT molecular complexity index is 1260. The van der Waals surface area contributed by atoms with E-state index in [-0.39, 0.29) is 29.1 Å². The van der Waals surface area contributed by atoms with Gasteiger partial charge in [0, 0.05) is 12.6 Å². The molecule has 9 heteroatoms. The molecule has 0 atom stereocenters. The van der Waals surface area contributed by atoms with E-state index in [0.717, 1.165) is 42.4 Å². The highest BCUT2D eigenvalue weighted by Crippen LogP contribution is 2.45. The van der Waals surface area contributed by atoms with Crippen LogP contribution in [0.1, 0.15) is 59.5 Å². The fourth-order valence-electron chi connectivity index (χ4n) is 3.90. The van der Waals surface area contributed by atoms with Gasteiger partial charge in [0.25, 0.3) is 5.91 Å². The van der Waals surface area contributed by atoms with Crippen LogP contribution < -0.4 is 15.8 Å². The van der Waals surface area contributed by atoms with Crippen molar-refractivity contribution < 1.29 is 17.6 Å². The summed E-state index contributed by atoms with van der Waals surface area (Å²) in [5.74, 6) is 0.651. The van der Waals surface area contributed by atoms with Crippen LogP contribution >= 0.6 is 0 Å². The van der Waals surface area contributed by atoms with Crippen LogP contribution in [0.4, 0.5) is 5.82 Å². The first-order chi connectivity index (χ1) is 15.8. The fourth-order valence-corrected chi connectivity index (χ4v) is 5.04. The summed E-state index contributed by atoms with van der Waals surface area (Å²) < 4.78 is 34.1. The van der Waals surface area contributed by atoms with Gasteiger partial charge in [0.1, 0.15) is 11.6 Å². The number of sulfonamides is 1. The largest absolute Gasteiger partial charge is 0.437 e. The second-order valence-corrected chi connectivity index (χ2v) is 10.4. The van der Waals surface area contributed by atoms with Gasteiger partial charge in [0.2, 0.25) is 15.7 Å². The maximum atomic E-state index is 12.8. The van der Waals surface area contributed by atoms with Gasteiger partial charge < -0.3 is 15.5 Å². The van der Waals surface area contributed by atoms with Crippen molar-refractivity contribution in [3.8, 4) is 11.3 Å². The number of nitrogens with zero attached hydrogens (tertiary/aromatic N) is 1. The summed E-state index contributed by atoms with van der Waals surface area (Å²) in [5, 5.41) is 3.27. The molecule has 4 rings (SSSR count). The van der Waals surface area contributed by atoms with Crippen molar-refractivity contribution >= 4 is 32.8 Å². The van der Waals surface area contributed by atoms with Crippen LogP contribution in [-0.4, -0.2) is 38.7 Å². The predicted molar refractivity (Wildman–Crippen MR) is 130 cm³/mol. The Hall–Kier alpha value is -2.91. The molecule has 0 bridgehead atoms. The number of nitrogens with two attached hydrogens (primary N) is 1. The van der Waals surface area contributed by atoms with E-state index < -0.39 is 10.0 Å². The number of amides is 1. The standard InChI is InChI=1S/C24H30N4O4S/c1-15-6-8-17(9-7-15)21-20(23(29)26-2)19-14-18(16-10-11-16)22(27-24(19)32-21)28-33(30,31)13-5-3-4-12-25/h6-9,14,16H,3-5,10-13,25H2,1-2H3,(H,26,29)(H,27,28). The third-order valence-corrected chi connectivity index (χ3v) is 7.20. The molecule has 0 spiro atoms. The van der Waals surface area contributed by atoms with Crippen LogP contribution in [0, 0.1) is 6.92 Å². The highest BCUT2D eigenvalue weighted by molar-refractivity contribution is 7.92. The molecule has 3 aromatic rings. The summed E-state index contributed by atoms with van der Waals surface area (Å²) >= 11 is 0. The van der Waals surface area contributed by atoms with Crippen LogP contribution in [-0.2, 0) is 10.0 Å². The van der Waals surface area contributed by atoms with Gasteiger partial charge in [-0.3, -0.25) is 9.52 Å². The van der Waals surface area contributed by atoms with Gasteiger partial charge >= 0.3 is 0 Å². The lowest BCUT2D eigenvalue weighted by Crippen LogP contribution is -2.19. The molecule has 1 amide bonds. The van der Waals surface area contributed by atoms with Gasteiger partial charge in [-0.1, -0.05) is 36.2 Å². The van der Waals surface area contributed by atoms with E-state index in [9.17, 15) is 13.2 Å². The van der Waals surface area contributed by atoms with Gasteiger partial charge in [-0.25, -0.2) is 8.42 Å². The highest BCUT2D eigenvalue weighted by atomic mass is 32.2. The number of nitrogens with one attached hydrogen (secondary N) is 2. The predicted octanol–water partition coefficient (Wildman–Crippen LogP) is 3.91. The van der Waals surface area contributed by atoms with Gasteiger partial charge in [-0.2, -0.15) is 4.98 Å². The summed E-state index contributed by atoms with van der Waals surface area (Å²) in [7, 11) is -2.00. The number of hydrogen-bond acceptors (Lipinski definition) is 6. The van der Waals surface area contributed by atoms with Crippen LogP contribution in [0.5, 0.6) is 0 Å². The first-order valence-corrected chi connectivity index (χ1v) is 13.0. The maximum absolute atomic E-state index is 12.8. The molecular weight excluding hydrogens is 440 g/mol. The molecule has 1 aromatic carbocycles. The Morgan fingerprint density at radius 3 is 2.55 bits per heavy atom. The summed E-state index contributed by atoms with van der Waals surface area (Å²) in [6.07, 6.45) is 4.00. The second kappa shape index (κ2) is 9.52. The average Bonchev–Trinajstić information content (AvgIpc) is 3.56. The van der Waals surface area contributed by atoms with E-state index in [4.69, 9.17) is 10.2 Å². The molecule has 2 heterocycles. The van der Waals surface area contributed by atoms with Crippen LogP contribution in [0.15, 0.2) is 34.7 Å². The Labute approximate surface area is 194 Å². The van der Waals surface area contributed by atoms with Crippen molar-refractivity contribution in [3.05, 3.63) is 47.0 Å². The van der Waals surface area contributed by atoms with Crippen LogP contribution in [0.2, 0.25) is 0 Å². The molecule has 1 aliphatic carbocycles. The third kappa shape index (κ3) is 5.20. The number of hydrogen-bond donors (Lipinski definition) is 3. The summed E-state index contributed by atoms with van der Waals surface area (Å²) in [6, 6.07) is 9.55. The lowest BCUT2D eigenvalue weighted by atomic mass is 10.0. The molecule has 0 radical (unpaired) electrons. The first kappa shape index (κ1) is 23.3. The number of furan rings is 1. The van der Waals surface area contributed by atoms with E-state index in [1.54, 1.807) is 7.05 Å². The lowest BCUT2D eigenvalue weighted by Gasteiger charge is -2.11. The van der Waals surface area contributed by atoms with Crippen molar-refractivity contribution in [2.45, 2.75) is 44.9 Å². The summed E-state index contributed by atoms with van der Waals surface area (Å²) in [6.45, 7) is 2.53. The number of benzene rings is 1. The quantitative estimate of drug-likeness (QED) is 0.386. The zero-order valence-electron chi connectivity index (χ0n) is 19.0. The molecule has 0 unspecified atom stereocenters. The molecular formula is C24H30N4O4S. The van der Waals surface area contributed by atoms with Crippen molar-refractivity contribution in [1.82, 2.24) is 10.3 Å². The molecule has 1 aliphatic rings. The summed E-state index contributed by atoms with van der Waals surface area (Å²) in [5.41, 5.74) is 8.78. The van der Waals surface area contributed by atoms with Gasteiger partial charge in [-0.05, 0) is 56.7 Å². The zero-order valence-corrected chi connectivity index (χ0v) is 19.8. The molecule has 0 aliphatic heterocycles. The van der Waals surface area contributed by atoms with Gasteiger partial charge in [0.05, 0.1) is 16.7 Å². The smallest absolute Gasteiger partial charge is 0.255 e. The van der Waals surface area contributed by atoms with Crippen molar-refractivity contribution in [1.29, 1.82) is 0 Å². The molecule has 2 aromatic heterocycles. The topological polar surface area (TPSA) is 127 Å². The number of aromatic nitrogens is 1. The van der Waals surface area contributed by atoms with E-state index in [1.165, 1.54) is 0 Å². The lowest BCUT2D eigenvalue weighted by molar-refractivity contribution is 0.0964. The molecule has 176 valence electrons. The highest BCUT2D eigenvalue weighted by Gasteiger charge is 2.31. The number of aryl methyl sites for hydroxylation is 1. The number of unbranched alkanes of at least 4 members (excludes halogenated alkanes) is 2. The maximum Gasteiger partial charge on any atom is 0.255 e. The normalized spacial score (nSPS) is 13.9. The monoisotopic (exact) mass is 470 g/mol. The Balaban J connectivity index is 1.77.